The van der Waals surface area contributed by atoms with Crippen LogP contribution in [0.2, 0.25) is 0 Å². The number of nitrogens with one attached hydrogen (secondary N) is 2. The molecule has 2 aromatic rings. The molecule has 1 aliphatic heterocycles. The molecule has 3 rings (SSSR count). The maximum Gasteiger partial charge on any atom is 0.416 e. The molecule has 2 atom stereocenters. The lowest BCUT2D eigenvalue weighted by molar-refractivity contribution is -0.143. The molecule has 3 amide bonds. The Morgan fingerprint density at radius 1 is 0.971 bits per heavy atom. The molecule has 1 saturated heterocycles. The highest BCUT2D eigenvalue weighted by Crippen LogP contribution is 2.37. The van der Waals surface area contributed by atoms with Crippen LogP contribution in [0, 0.1) is 6.92 Å². The van der Waals surface area contributed by atoms with Crippen LogP contribution in [-0.4, -0.2) is 41.3 Å². The number of hydrogen-bond donors (Lipinski definition) is 3. The fourth-order valence-corrected chi connectivity index (χ4v) is 3.81. The number of rotatable bonds is 3. The maximum absolute atomic E-state index is 13.1. The third kappa shape index (κ3) is 6.12. The van der Waals surface area contributed by atoms with Crippen molar-refractivity contribution in [2.45, 2.75) is 37.7 Å². The first kappa shape index (κ1) is 25.2. The number of anilines is 1. The Labute approximate surface area is 190 Å². The highest BCUT2D eigenvalue weighted by atomic mass is 19.4. The second kappa shape index (κ2) is 9.43. The molecule has 34 heavy (non-hydrogen) atoms. The Morgan fingerprint density at radius 2 is 1.53 bits per heavy atom. The average Bonchev–Trinajstić information content (AvgIpc) is 2.73. The molecule has 184 valence electrons. The van der Waals surface area contributed by atoms with E-state index < -0.39 is 53.3 Å². The smallest absolute Gasteiger partial charge is 0.416 e. The monoisotopic (exact) mass is 489 g/mol. The van der Waals surface area contributed by atoms with Gasteiger partial charge in [-0.25, -0.2) is 9.59 Å². The van der Waals surface area contributed by atoms with Crippen LogP contribution in [-0.2, 0) is 12.4 Å². The number of halogens is 6. The normalized spacial score (nSPS) is 19.0. The Morgan fingerprint density at radius 3 is 2.03 bits per heavy atom. The molecule has 6 nitrogen and oxygen atoms in total. The molecule has 0 aliphatic carbocycles. The summed E-state index contributed by atoms with van der Waals surface area (Å²) < 4.78 is 78.4. The second-order valence-corrected chi connectivity index (χ2v) is 8.03. The Kier molecular flexibility index (Phi) is 6.99. The van der Waals surface area contributed by atoms with Gasteiger partial charge in [-0.1, -0.05) is 29.8 Å². The minimum absolute atomic E-state index is 0.0296. The first-order valence-electron chi connectivity index (χ1n) is 10.2. The van der Waals surface area contributed by atoms with Gasteiger partial charge in [-0.3, -0.25) is 0 Å². The summed E-state index contributed by atoms with van der Waals surface area (Å²) in [5, 5.41) is 14.0. The molecule has 0 spiro atoms. The van der Waals surface area contributed by atoms with E-state index >= 15 is 0 Å². The van der Waals surface area contributed by atoms with Crippen LogP contribution in [0.1, 0.15) is 34.6 Å². The van der Waals surface area contributed by atoms with E-state index in [1.807, 2.05) is 24.4 Å². The summed E-state index contributed by atoms with van der Waals surface area (Å²) in [5.74, 6) is -0.469. The molecule has 0 bridgehead atoms. The van der Waals surface area contributed by atoms with Gasteiger partial charge < -0.3 is 20.6 Å². The van der Waals surface area contributed by atoms with Gasteiger partial charge in [0.1, 0.15) is 0 Å². The SMILES string of the molecule is Cc1ccc(C2CN(C(=O)O)CC[C@H]2NC(=O)Nc2cc(C(F)(F)F)cc(C(F)(F)F)c2)cc1. The number of carbonyl (C=O) groups excluding carboxylic acids is 1. The number of nitrogens with zero attached hydrogens (tertiary/aromatic N) is 1. The fourth-order valence-electron chi connectivity index (χ4n) is 3.81. The quantitative estimate of drug-likeness (QED) is 0.485. The Hall–Kier alpha value is -3.44. The lowest BCUT2D eigenvalue weighted by atomic mass is 9.86. The first-order chi connectivity index (χ1) is 15.7. The van der Waals surface area contributed by atoms with Crippen molar-refractivity contribution in [1.82, 2.24) is 10.2 Å². The van der Waals surface area contributed by atoms with Gasteiger partial charge in [-0.2, -0.15) is 26.3 Å². The number of carboxylic acid groups (broad SMARTS) is 1. The summed E-state index contributed by atoms with van der Waals surface area (Å²) in [5.41, 5.74) is -2.08. The topological polar surface area (TPSA) is 81.7 Å². The van der Waals surface area contributed by atoms with E-state index in [1.165, 1.54) is 4.90 Å². The molecular weight excluding hydrogens is 468 g/mol. The molecule has 1 aliphatic rings. The first-order valence-corrected chi connectivity index (χ1v) is 10.2. The molecule has 12 heteroatoms. The highest BCUT2D eigenvalue weighted by molar-refractivity contribution is 5.89. The van der Waals surface area contributed by atoms with Crippen molar-refractivity contribution in [2.24, 2.45) is 0 Å². The van der Waals surface area contributed by atoms with E-state index in [1.54, 1.807) is 12.1 Å². The van der Waals surface area contributed by atoms with Crippen LogP contribution in [0.15, 0.2) is 42.5 Å². The van der Waals surface area contributed by atoms with Crippen molar-refractivity contribution < 1.29 is 41.0 Å². The lowest BCUT2D eigenvalue weighted by Gasteiger charge is -2.38. The van der Waals surface area contributed by atoms with Gasteiger partial charge in [0.25, 0.3) is 0 Å². The summed E-state index contributed by atoms with van der Waals surface area (Å²) in [6, 6.07) is 6.38. The number of piperidine rings is 1. The van der Waals surface area contributed by atoms with Crippen molar-refractivity contribution in [1.29, 1.82) is 0 Å². The summed E-state index contributed by atoms with van der Waals surface area (Å²) >= 11 is 0. The predicted molar refractivity (Wildman–Crippen MR) is 111 cm³/mol. The zero-order valence-corrected chi connectivity index (χ0v) is 17.8. The summed E-state index contributed by atoms with van der Waals surface area (Å²) in [4.78, 5) is 25.1. The number of hydrogen-bond acceptors (Lipinski definition) is 2. The number of likely N-dealkylation sites (tertiary alicyclic amines) is 1. The predicted octanol–water partition coefficient (Wildman–Crippen LogP) is 5.69. The number of amides is 3. The molecule has 2 aromatic carbocycles. The third-order valence-corrected chi connectivity index (χ3v) is 5.55. The van der Waals surface area contributed by atoms with E-state index in [4.69, 9.17) is 0 Å². The fraction of sp³-hybridized carbons (Fsp3) is 0.364. The minimum atomic E-state index is -5.05. The average molecular weight is 489 g/mol. The standard InChI is InChI=1S/C22H21F6N3O3/c1-12-2-4-13(5-3-12)17-11-31(20(33)34)7-6-18(17)30-19(32)29-16-9-14(21(23,24)25)8-15(10-16)22(26,27)28/h2-5,8-10,17-18H,6-7,11H2,1H3,(H,33,34)(H2,29,30,32)/t17?,18-/m1/s1. The van der Waals surface area contributed by atoms with Crippen LogP contribution in [0.4, 0.5) is 41.6 Å². The number of benzene rings is 2. The van der Waals surface area contributed by atoms with Crippen molar-refractivity contribution in [2.75, 3.05) is 18.4 Å². The van der Waals surface area contributed by atoms with Crippen molar-refractivity contribution in [3.05, 3.63) is 64.7 Å². The Balaban J connectivity index is 1.82. The second-order valence-electron chi connectivity index (χ2n) is 8.03. The number of urea groups is 1. The zero-order chi connectivity index (χ0) is 25.3. The molecule has 0 aromatic heterocycles. The van der Waals surface area contributed by atoms with E-state index in [0.717, 1.165) is 11.1 Å². The summed E-state index contributed by atoms with van der Waals surface area (Å²) in [7, 11) is 0. The van der Waals surface area contributed by atoms with Gasteiger partial charge in [-0.05, 0) is 37.1 Å². The van der Waals surface area contributed by atoms with Gasteiger partial charge in [0, 0.05) is 30.7 Å². The molecule has 1 heterocycles. The molecule has 1 unspecified atom stereocenters. The van der Waals surface area contributed by atoms with Crippen molar-refractivity contribution in [3.8, 4) is 0 Å². The minimum Gasteiger partial charge on any atom is -0.465 e. The molecular formula is C22H21F6N3O3. The third-order valence-electron chi connectivity index (χ3n) is 5.55. The van der Waals surface area contributed by atoms with Crippen LogP contribution in [0.5, 0.6) is 0 Å². The van der Waals surface area contributed by atoms with Crippen LogP contribution in [0.3, 0.4) is 0 Å². The summed E-state index contributed by atoms with van der Waals surface area (Å²) in [6.45, 7) is 2.02. The number of carbonyl (C=O) groups is 2. The van der Waals surface area contributed by atoms with Gasteiger partial charge in [0.15, 0.2) is 0 Å². The lowest BCUT2D eigenvalue weighted by Crippen LogP contribution is -2.51. The van der Waals surface area contributed by atoms with Gasteiger partial charge in [0.05, 0.1) is 11.1 Å². The van der Waals surface area contributed by atoms with Gasteiger partial charge in [-0.15, -0.1) is 0 Å². The maximum atomic E-state index is 13.1. The van der Waals surface area contributed by atoms with E-state index in [-0.39, 0.29) is 25.6 Å². The highest BCUT2D eigenvalue weighted by Gasteiger charge is 2.37. The van der Waals surface area contributed by atoms with Crippen LogP contribution in [0.25, 0.3) is 0 Å². The number of alkyl halides is 6. The van der Waals surface area contributed by atoms with E-state index in [2.05, 4.69) is 5.32 Å². The van der Waals surface area contributed by atoms with E-state index in [0.29, 0.717) is 12.1 Å². The molecule has 3 N–H and O–H groups in total. The van der Waals surface area contributed by atoms with Gasteiger partial charge in [0.2, 0.25) is 0 Å². The van der Waals surface area contributed by atoms with Crippen molar-refractivity contribution >= 4 is 17.8 Å². The molecule has 0 saturated carbocycles. The van der Waals surface area contributed by atoms with Crippen LogP contribution >= 0.6 is 0 Å². The zero-order valence-electron chi connectivity index (χ0n) is 17.8. The van der Waals surface area contributed by atoms with E-state index in [9.17, 15) is 41.0 Å². The molecule has 0 radical (unpaired) electrons. The number of aryl methyl sites for hydroxylation is 1. The largest absolute Gasteiger partial charge is 0.465 e. The Bertz CT molecular complexity index is 1020. The van der Waals surface area contributed by atoms with Gasteiger partial charge >= 0.3 is 24.5 Å². The summed E-state index contributed by atoms with van der Waals surface area (Å²) in [6.07, 6.45) is -11.0. The molecule has 1 fully saturated rings. The van der Waals surface area contributed by atoms with Crippen LogP contribution < -0.4 is 10.6 Å². The van der Waals surface area contributed by atoms with Crippen molar-refractivity contribution in [3.63, 3.8) is 0 Å².